The molecular formula is C20H37ClN2O12. The van der Waals surface area contributed by atoms with Crippen molar-refractivity contribution in [2.24, 2.45) is 0 Å². The predicted octanol–water partition coefficient (Wildman–Crippen LogP) is -3.71. The molecule has 2 rings (SSSR count). The molecule has 8 N–H and O–H groups in total. The van der Waals surface area contributed by atoms with E-state index < -0.39 is 80.6 Å². The minimum atomic E-state index is -1.77. The van der Waals surface area contributed by atoms with Crippen molar-refractivity contribution in [2.45, 2.75) is 74.7 Å². The zero-order valence-corrected chi connectivity index (χ0v) is 20.2. The summed E-state index contributed by atoms with van der Waals surface area (Å²) in [6, 6.07) is -0.622. The van der Waals surface area contributed by atoms with Crippen LogP contribution in [0.5, 0.6) is 0 Å². The number of halogens is 1. The summed E-state index contributed by atoms with van der Waals surface area (Å²) in [7, 11) is 0. The van der Waals surface area contributed by atoms with E-state index in [-0.39, 0.29) is 19.0 Å². The first kappa shape index (κ1) is 30.3. The Balaban J connectivity index is 2.17. The molecule has 10 atom stereocenters. The summed E-state index contributed by atoms with van der Waals surface area (Å²) in [4.78, 5) is 13.9. The van der Waals surface area contributed by atoms with Gasteiger partial charge in [-0.1, -0.05) is 0 Å². The maximum absolute atomic E-state index is 12.7. The summed E-state index contributed by atoms with van der Waals surface area (Å²) in [5.41, 5.74) is 0. The smallest absolute Gasteiger partial charge is 0.319 e. The standard InChI is InChI=1S/C20H37ClN2O12/c1-2-32-7-3-6-23(20(31)22-5-4-21)18-15(29)14(28)17(11(9-25)33-18)35-19-16(30)13(27)12(26)10(8-24)34-19/h10-19,24-30H,2-9H2,1H3,(H,22,31)/t10-,11-,12-,13+,14-,15-,16-,17-,18?,19-/m1/s1. The van der Waals surface area contributed by atoms with Crippen molar-refractivity contribution in [1.29, 1.82) is 0 Å². The lowest BCUT2D eigenvalue weighted by Crippen LogP contribution is -2.67. The van der Waals surface area contributed by atoms with Gasteiger partial charge in [-0.05, 0) is 13.3 Å². The number of alkyl halides is 1. The van der Waals surface area contributed by atoms with Gasteiger partial charge in [-0.25, -0.2) is 4.79 Å². The van der Waals surface area contributed by atoms with Gasteiger partial charge in [-0.15, -0.1) is 11.6 Å². The lowest BCUT2D eigenvalue weighted by atomic mass is 9.96. The molecule has 2 amide bonds. The summed E-state index contributed by atoms with van der Waals surface area (Å²) in [5, 5.41) is 73.5. The molecule has 0 aromatic rings. The number of amides is 2. The number of nitrogens with one attached hydrogen (secondary N) is 1. The van der Waals surface area contributed by atoms with Crippen LogP contribution in [0, 0.1) is 0 Å². The zero-order valence-electron chi connectivity index (χ0n) is 19.4. The van der Waals surface area contributed by atoms with Crippen LogP contribution >= 0.6 is 11.6 Å². The number of aliphatic hydroxyl groups is 7. The third kappa shape index (κ3) is 7.56. The third-order valence-corrected chi connectivity index (χ3v) is 6.00. The minimum absolute atomic E-state index is 0.0823. The van der Waals surface area contributed by atoms with Gasteiger partial charge >= 0.3 is 6.03 Å². The number of rotatable bonds is 12. The molecule has 2 aliphatic heterocycles. The Labute approximate surface area is 207 Å². The Bertz CT molecular complexity index is 633. The zero-order chi connectivity index (χ0) is 26.1. The molecular weight excluding hydrogens is 496 g/mol. The van der Waals surface area contributed by atoms with Crippen molar-refractivity contribution >= 4 is 17.6 Å². The van der Waals surface area contributed by atoms with Crippen LogP contribution in [-0.4, -0.2) is 153 Å². The molecule has 2 aliphatic rings. The van der Waals surface area contributed by atoms with Gasteiger partial charge in [0.2, 0.25) is 0 Å². The SMILES string of the molecule is CCOCCCN(C(=O)NCCCl)C1O[C@H](CO)[C@@H](O[C@H]2O[C@H](CO)[C@@H](O)[C@H](O)[C@H]2O)[C@H](O)[C@H]1O. The number of urea groups is 1. The highest BCUT2D eigenvalue weighted by atomic mass is 35.5. The van der Waals surface area contributed by atoms with Gasteiger partial charge in [0, 0.05) is 32.2 Å². The van der Waals surface area contributed by atoms with Gasteiger partial charge in [-0.2, -0.15) is 0 Å². The fourth-order valence-corrected chi connectivity index (χ4v) is 4.00. The first-order valence-corrected chi connectivity index (χ1v) is 12.0. The lowest BCUT2D eigenvalue weighted by molar-refractivity contribution is -0.347. The number of aliphatic hydroxyl groups excluding tert-OH is 7. The van der Waals surface area contributed by atoms with Gasteiger partial charge in [0.1, 0.15) is 48.8 Å². The first-order chi connectivity index (χ1) is 16.7. The van der Waals surface area contributed by atoms with E-state index in [9.17, 15) is 40.5 Å². The van der Waals surface area contributed by atoms with E-state index in [1.54, 1.807) is 0 Å². The number of carbonyl (C=O) groups is 1. The Morgan fingerprint density at radius 1 is 0.971 bits per heavy atom. The summed E-state index contributed by atoms with van der Waals surface area (Å²) in [6.45, 7) is 1.43. The third-order valence-electron chi connectivity index (χ3n) is 5.81. The van der Waals surface area contributed by atoms with Gasteiger partial charge in [0.25, 0.3) is 0 Å². The van der Waals surface area contributed by atoms with Gasteiger partial charge in [0.15, 0.2) is 12.5 Å². The summed E-state index contributed by atoms with van der Waals surface area (Å²) in [5.74, 6) is 0.142. The van der Waals surface area contributed by atoms with Crippen molar-refractivity contribution in [3.8, 4) is 0 Å². The van der Waals surface area contributed by atoms with Crippen LogP contribution in [0.1, 0.15) is 13.3 Å². The fraction of sp³-hybridized carbons (Fsp3) is 0.950. The molecule has 0 spiro atoms. The summed E-state index contributed by atoms with van der Waals surface area (Å²) >= 11 is 5.64. The molecule has 2 fully saturated rings. The monoisotopic (exact) mass is 532 g/mol. The molecule has 2 heterocycles. The summed E-state index contributed by atoms with van der Waals surface area (Å²) in [6.07, 6.45) is -15.2. The summed E-state index contributed by atoms with van der Waals surface area (Å²) < 4.78 is 21.8. The van der Waals surface area contributed by atoms with Crippen LogP contribution in [0.4, 0.5) is 4.79 Å². The average molecular weight is 533 g/mol. The second kappa shape index (κ2) is 14.8. The molecule has 2 saturated heterocycles. The van der Waals surface area contributed by atoms with Crippen LogP contribution in [-0.2, 0) is 18.9 Å². The van der Waals surface area contributed by atoms with Crippen molar-refractivity contribution in [2.75, 3.05) is 45.4 Å². The molecule has 15 heteroatoms. The van der Waals surface area contributed by atoms with Gasteiger partial charge < -0.3 is 60.0 Å². The highest BCUT2D eigenvalue weighted by Crippen LogP contribution is 2.30. The van der Waals surface area contributed by atoms with Crippen molar-refractivity contribution in [3.05, 3.63) is 0 Å². The Morgan fingerprint density at radius 3 is 2.26 bits per heavy atom. The fourth-order valence-electron chi connectivity index (χ4n) is 3.91. The predicted molar refractivity (Wildman–Crippen MR) is 118 cm³/mol. The van der Waals surface area contributed by atoms with E-state index in [2.05, 4.69) is 5.32 Å². The number of hydrogen-bond acceptors (Lipinski definition) is 12. The molecule has 35 heavy (non-hydrogen) atoms. The number of hydrogen-bond donors (Lipinski definition) is 8. The van der Waals surface area contributed by atoms with E-state index in [0.29, 0.717) is 19.6 Å². The van der Waals surface area contributed by atoms with E-state index in [4.69, 9.17) is 30.5 Å². The van der Waals surface area contributed by atoms with Crippen LogP contribution in [0.25, 0.3) is 0 Å². The molecule has 1 unspecified atom stereocenters. The molecule has 14 nitrogen and oxygen atoms in total. The first-order valence-electron chi connectivity index (χ1n) is 11.5. The van der Waals surface area contributed by atoms with Crippen LogP contribution in [0.3, 0.4) is 0 Å². The lowest BCUT2D eigenvalue weighted by Gasteiger charge is -2.48. The quantitative estimate of drug-likeness (QED) is 0.0900. The van der Waals surface area contributed by atoms with E-state index in [1.807, 2.05) is 6.92 Å². The van der Waals surface area contributed by atoms with Crippen LogP contribution in [0.15, 0.2) is 0 Å². The highest BCUT2D eigenvalue weighted by molar-refractivity contribution is 6.18. The number of nitrogens with zero attached hydrogens (tertiary/aromatic N) is 1. The highest BCUT2D eigenvalue weighted by Gasteiger charge is 2.51. The molecule has 0 aliphatic carbocycles. The second-order valence-corrected chi connectivity index (χ2v) is 8.57. The molecule has 206 valence electrons. The Morgan fingerprint density at radius 2 is 1.66 bits per heavy atom. The maximum Gasteiger partial charge on any atom is 0.319 e. The average Bonchev–Trinajstić information content (AvgIpc) is 2.86. The van der Waals surface area contributed by atoms with Crippen LogP contribution in [0.2, 0.25) is 0 Å². The molecule has 0 radical (unpaired) electrons. The molecule has 0 bridgehead atoms. The topological polar surface area (TPSA) is 211 Å². The molecule has 0 aromatic carbocycles. The van der Waals surface area contributed by atoms with E-state index in [1.165, 1.54) is 0 Å². The maximum atomic E-state index is 12.7. The molecule has 0 aromatic heterocycles. The van der Waals surface area contributed by atoms with E-state index >= 15 is 0 Å². The van der Waals surface area contributed by atoms with Gasteiger partial charge in [-0.3, -0.25) is 4.90 Å². The van der Waals surface area contributed by atoms with Crippen molar-refractivity contribution in [3.63, 3.8) is 0 Å². The normalized spacial score (nSPS) is 37.7. The van der Waals surface area contributed by atoms with Gasteiger partial charge in [0.05, 0.1) is 13.2 Å². The van der Waals surface area contributed by atoms with Crippen LogP contribution < -0.4 is 5.32 Å². The minimum Gasteiger partial charge on any atom is -0.394 e. The Hall–Kier alpha value is -0.880. The van der Waals surface area contributed by atoms with Crippen molar-refractivity contribution in [1.82, 2.24) is 10.2 Å². The van der Waals surface area contributed by atoms with Crippen molar-refractivity contribution < 1.29 is 59.5 Å². The second-order valence-electron chi connectivity index (χ2n) is 8.19. The van der Waals surface area contributed by atoms with E-state index in [0.717, 1.165) is 4.90 Å². The number of carbonyl (C=O) groups excluding carboxylic acids is 1. The molecule has 0 saturated carbocycles. The number of ether oxygens (including phenoxy) is 4. The largest absolute Gasteiger partial charge is 0.394 e. The Kier molecular flexibility index (Phi) is 12.8.